The van der Waals surface area contributed by atoms with Crippen molar-refractivity contribution in [3.8, 4) is 5.75 Å². The zero-order chi connectivity index (χ0) is 20.6. The Hall–Kier alpha value is -2.91. The largest absolute Gasteiger partial charge is 0.496 e. The predicted molar refractivity (Wildman–Crippen MR) is 104 cm³/mol. The second-order valence-corrected chi connectivity index (χ2v) is 7.55. The van der Waals surface area contributed by atoms with Gasteiger partial charge in [-0.25, -0.2) is 8.42 Å². The fraction of sp³-hybridized carbons (Fsp3) is 0.263. The van der Waals surface area contributed by atoms with Gasteiger partial charge in [-0.2, -0.15) is 4.72 Å². The van der Waals surface area contributed by atoms with Crippen LogP contribution in [0.5, 0.6) is 5.75 Å². The number of anilines is 1. The Morgan fingerprint density at radius 3 is 2.32 bits per heavy atom. The Bertz CT molecular complexity index is 926. The van der Waals surface area contributed by atoms with Gasteiger partial charge >= 0.3 is 5.97 Å². The van der Waals surface area contributed by atoms with Gasteiger partial charge in [-0.05, 0) is 42.3 Å². The zero-order valence-electron chi connectivity index (χ0n) is 15.6. The summed E-state index contributed by atoms with van der Waals surface area (Å²) >= 11 is 0. The monoisotopic (exact) mass is 406 g/mol. The topological polar surface area (TPSA) is 111 Å². The maximum absolute atomic E-state index is 12.1. The highest BCUT2D eigenvalue weighted by Crippen LogP contribution is 2.19. The van der Waals surface area contributed by atoms with Gasteiger partial charge in [-0.1, -0.05) is 18.2 Å². The third-order valence-corrected chi connectivity index (χ3v) is 5.31. The number of hydrogen-bond acceptors (Lipinski definition) is 6. The fourth-order valence-electron chi connectivity index (χ4n) is 2.41. The van der Waals surface area contributed by atoms with E-state index in [9.17, 15) is 18.0 Å². The zero-order valence-corrected chi connectivity index (χ0v) is 16.4. The number of carbonyl (C=O) groups is 2. The number of ether oxygens (including phenoxy) is 2. The molecule has 0 aliphatic carbocycles. The summed E-state index contributed by atoms with van der Waals surface area (Å²) in [6, 6.07) is 13.1. The van der Waals surface area contributed by atoms with Crippen molar-refractivity contribution >= 4 is 27.6 Å². The van der Waals surface area contributed by atoms with E-state index in [4.69, 9.17) is 4.74 Å². The summed E-state index contributed by atoms with van der Waals surface area (Å²) in [4.78, 5) is 23.2. The third kappa shape index (κ3) is 6.07. The second-order valence-electron chi connectivity index (χ2n) is 5.79. The van der Waals surface area contributed by atoms with E-state index in [1.165, 1.54) is 31.4 Å². The Kier molecular flexibility index (Phi) is 7.53. The molecule has 2 aromatic rings. The highest BCUT2D eigenvalue weighted by atomic mass is 32.2. The molecule has 0 unspecified atom stereocenters. The number of carbonyl (C=O) groups excluding carboxylic acids is 2. The number of aryl methyl sites for hydroxylation is 1. The van der Waals surface area contributed by atoms with Crippen LogP contribution in [0.15, 0.2) is 53.4 Å². The number of hydrogen-bond donors (Lipinski definition) is 2. The summed E-state index contributed by atoms with van der Waals surface area (Å²) in [6.45, 7) is -0.458. The lowest BCUT2D eigenvalue weighted by Crippen LogP contribution is -2.30. The number of sulfonamides is 1. The van der Waals surface area contributed by atoms with Crippen LogP contribution < -0.4 is 14.8 Å². The maximum Gasteiger partial charge on any atom is 0.320 e. The van der Waals surface area contributed by atoms with Gasteiger partial charge in [-0.15, -0.1) is 0 Å². The van der Waals surface area contributed by atoms with E-state index in [0.29, 0.717) is 12.1 Å². The molecular formula is C19H22N2O6S. The highest BCUT2D eigenvalue weighted by Gasteiger charge is 2.16. The van der Waals surface area contributed by atoms with Crippen LogP contribution in [0.4, 0.5) is 5.69 Å². The van der Waals surface area contributed by atoms with Gasteiger partial charge in [0.1, 0.15) is 12.3 Å². The SMILES string of the molecule is COC(=O)CNS(=O)(=O)c1ccc(NC(=O)CCc2ccccc2OC)cc1. The fourth-order valence-corrected chi connectivity index (χ4v) is 3.38. The summed E-state index contributed by atoms with van der Waals surface area (Å²) in [5.74, 6) is -0.169. The molecule has 0 aliphatic heterocycles. The van der Waals surface area contributed by atoms with Crippen molar-refractivity contribution in [1.29, 1.82) is 0 Å². The molecule has 2 N–H and O–H groups in total. The van der Waals surface area contributed by atoms with E-state index in [1.807, 2.05) is 24.3 Å². The summed E-state index contributed by atoms with van der Waals surface area (Å²) in [5, 5.41) is 2.72. The minimum Gasteiger partial charge on any atom is -0.496 e. The van der Waals surface area contributed by atoms with Crippen LogP contribution in [0.3, 0.4) is 0 Å². The summed E-state index contributed by atoms with van der Waals surface area (Å²) in [7, 11) is -1.10. The minimum atomic E-state index is -3.84. The molecule has 0 aromatic heterocycles. The molecule has 1 amide bonds. The van der Waals surface area contributed by atoms with Crippen molar-refractivity contribution in [3.05, 3.63) is 54.1 Å². The van der Waals surface area contributed by atoms with E-state index in [2.05, 4.69) is 14.8 Å². The first-order valence-corrected chi connectivity index (χ1v) is 9.92. The molecule has 0 saturated carbocycles. The lowest BCUT2D eigenvalue weighted by Gasteiger charge is -2.09. The average molecular weight is 406 g/mol. The Balaban J connectivity index is 1.92. The van der Waals surface area contributed by atoms with Crippen LogP contribution in [0.25, 0.3) is 0 Å². The molecule has 28 heavy (non-hydrogen) atoms. The summed E-state index contributed by atoms with van der Waals surface area (Å²) in [6.07, 6.45) is 0.765. The maximum atomic E-state index is 12.1. The summed E-state index contributed by atoms with van der Waals surface area (Å²) < 4.78 is 36.0. The first-order chi connectivity index (χ1) is 13.4. The lowest BCUT2D eigenvalue weighted by molar-refractivity contribution is -0.139. The molecule has 0 spiro atoms. The standard InChI is InChI=1S/C19H22N2O6S/c1-26-17-6-4-3-5-14(17)7-12-18(22)21-15-8-10-16(11-9-15)28(24,25)20-13-19(23)27-2/h3-6,8-11,20H,7,12-13H2,1-2H3,(H,21,22). The predicted octanol–water partition coefficient (Wildman–Crippen LogP) is 1.72. The summed E-state index contributed by atoms with van der Waals surface area (Å²) in [5.41, 5.74) is 1.40. The van der Waals surface area contributed by atoms with E-state index < -0.39 is 22.5 Å². The second kappa shape index (κ2) is 9.86. The molecule has 0 atom stereocenters. The molecule has 0 bridgehead atoms. The molecule has 2 rings (SSSR count). The minimum absolute atomic E-state index is 0.0246. The van der Waals surface area contributed by atoms with Gasteiger partial charge < -0.3 is 14.8 Å². The van der Waals surface area contributed by atoms with E-state index in [0.717, 1.165) is 11.3 Å². The molecule has 2 aromatic carbocycles. The van der Waals surface area contributed by atoms with Gasteiger partial charge in [0.05, 0.1) is 19.1 Å². The van der Waals surface area contributed by atoms with Crippen LogP contribution in [0, 0.1) is 0 Å². The molecular weight excluding hydrogens is 384 g/mol. The molecule has 8 nitrogen and oxygen atoms in total. The van der Waals surface area contributed by atoms with Crippen molar-refractivity contribution < 1.29 is 27.5 Å². The van der Waals surface area contributed by atoms with Gasteiger partial charge in [0.2, 0.25) is 15.9 Å². The number of amides is 1. The molecule has 0 fully saturated rings. The third-order valence-electron chi connectivity index (χ3n) is 3.90. The first-order valence-electron chi connectivity index (χ1n) is 8.44. The van der Waals surface area contributed by atoms with Gasteiger partial charge in [0.25, 0.3) is 0 Å². The number of methoxy groups -OCH3 is 2. The molecule has 0 heterocycles. The first kappa shape index (κ1) is 21.4. The molecule has 150 valence electrons. The lowest BCUT2D eigenvalue weighted by atomic mass is 10.1. The van der Waals surface area contributed by atoms with Gasteiger partial charge in [-0.3, -0.25) is 9.59 Å². The van der Waals surface area contributed by atoms with Crippen LogP contribution in [-0.2, 0) is 30.8 Å². The van der Waals surface area contributed by atoms with Gasteiger partial charge in [0.15, 0.2) is 0 Å². The highest BCUT2D eigenvalue weighted by molar-refractivity contribution is 7.89. The van der Waals surface area contributed by atoms with E-state index in [1.54, 1.807) is 7.11 Å². The molecule has 0 saturated heterocycles. The van der Waals surface area contributed by atoms with Gasteiger partial charge in [0, 0.05) is 12.1 Å². The van der Waals surface area contributed by atoms with Crippen molar-refractivity contribution in [2.24, 2.45) is 0 Å². The van der Waals surface area contributed by atoms with E-state index in [-0.39, 0.29) is 17.2 Å². The van der Waals surface area contributed by atoms with Crippen molar-refractivity contribution in [2.75, 3.05) is 26.1 Å². The van der Waals surface area contributed by atoms with Crippen LogP contribution >= 0.6 is 0 Å². The van der Waals surface area contributed by atoms with Crippen LogP contribution in [0.2, 0.25) is 0 Å². The Morgan fingerprint density at radius 1 is 1.00 bits per heavy atom. The molecule has 0 aliphatic rings. The average Bonchev–Trinajstić information content (AvgIpc) is 2.71. The van der Waals surface area contributed by atoms with Crippen molar-refractivity contribution in [3.63, 3.8) is 0 Å². The van der Waals surface area contributed by atoms with Crippen LogP contribution in [-0.4, -0.2) is 41.1 Å². The Labute approximate surface area is 163 Å². The quantitative estimate of drug-likeness (QED) is 0.614. The van der Waals surface area contributed by atoms with Crippen molar-refractivity contribution in [1.82, 2.24) is 4.72 Å². The smallest absolute Gasteiger partial charge is 0.320 e. The van der Waals surface area contributed by atoms with Crippen LogP contribution in [0.1, 0.15) is 12.0 Å². The number of benzene rings is 2. The number of esters is 1. The Morgan fingerprint density at radius 2 is 1.68 bits per heavy atom. The number of para-hydroxylation sites is 1. The van der Waals surface area contributed by atoms with Crippen molar-refractivity contribution in [2.45, 2.75) is 17.7 Å². The van der Waals surface area contributed by atoms with E-state index >= 15 is 0 Å². The molecule has 9 heteroatoms. The number of nitrogens with one attached hydrogen (secondary N) is 2. The number of rotatable bonds is 9. The normalized spacial score (nSPS) is 10.9. The molecule has 0 radical (unpaired) electrons.